The lowest BCUT2D eigenvalue weighted by Gasteiger charge is -2.24. The fourth-order valence-corrected chi connectivity index (χ4v) is 3.65. The first-order chi connectivity index (χ1) is 10.1. The first-order valence-electron chi connectivity index (χ1n) is 6.59. The van der Waals surface area contributed by atoms with Crippen molar-refractivity contribution >= 4 is 17.7 Å². The van der Waals surface area contributed by atoms with Crippen LogP contribution in [0.25, 0.3) is 0 Å². The maximum Gasteiger partial charge on any atom is 0.255 e. The van der Waals surface area contributed by atoms with Gasteiger partial charge in [-0.05, 0) is 35.9 Å². The molecule has 0 bridgehead atoms. The smallest absolute Gasteiger partial charge is 0.255 e. The third-order valence-corrected chi connectivity index (χ3v) is 4.62. The highest BCUT2D eigenvalue weighted by atomic mass is 32.2. The van der Waals surface area contributed by atoms with Gasteiger partial charge in [-0.15, -0.1) is 11.8 Å². The van der Waals surface area contributed by atoms with E-state index in [2.05, 4.69) is 0 Å². The van der Waals surface area contributed by atoms with E-state index in [4.69, 9.17) is 0 Å². The second-order valence-electron chi connectivity index (χ2n) is 4.79. The summed E-state index contributed by atoms with van der Waals surface area (Å²) in [5.74, 6) is -0.204. The zero-order valence-electron chi connectivity index (χ0n) is 11.1. The highest BCUT2D eigenvalue weighted by Crippen LogP contribution is 2.38. The van der Waals surface area contributed by atoms with Crippen molar-refractivity contribution in [2.24, 2.45) is 0 Å². The summed E-state index contributed by atoms with van der Waals surface area (Å²) in [5, 5.41) is -0.225. The summed E-state index contributed by atoms with van der Waals surface area (Å²) < 4.78 is 26.6. The Bertz CT molecular complexity index is 677. The van der Waals surface area contributed by atoms with Crippen LogP contribution in [-0.4, -0.2) is 23.1 Å². The molecule has 2 aromatic rings. The Kier molecular flexibility index (Phi) is 3.92. The summed E-state index contributed by atoms with van der Waals surface area (Å²) in [6.45, 7) is 0.571. The summed E-state index contributed by atoms with van der Waals surface area (Å²) in [6.07, 6.45) is 0. The molecule has 1 fully saturated rings. The van der Waals surface area contributed by atoms with E-state index in [9.17, 15) is 13.6 Å². The molecular weight excluding hydrogens is 292 g/mol. The van der Waals surface area contributed by atoms with Crippen LogP contribution in [0.4, 0.5) is 8.78 Å². The van der Waals surface area contributed by atoms with Gasteiger partial charge in [-0.1, -0.05) is 18.2 Å². The minimum Gasteiger partial charge on any atom is -0.322 e. The fourth-order valence-electron chi connectivity index (χ4n) is 2.40. The molecule has 0 saturated carbocycles. The molecule has 1 heterocycles. The van der Waals surface area contributed by atoms with E-state index in [1.807, 2.05) is 0 Å². The van der Waals surface area contributed by atoms with Gasteiger partial charge in [-0.25, -0.2) is 8.78 Å². The van der Waals surface area contributed by atoms with Gasteiger partial charge >= 0.3 is 0 Å². The second kappa shape index (κ2) is 5.85. The van der Waals surface area contributed by atoms with Crippen molar-refractivity contribution in [2.75, 3.05) is 12.3 Å². The molecule has 21 heavy (non-hydrogen) atoms. The van der Waals surface area contributed by atoms with Crippen LogP contribution < -0.4 is 0 Å². The van der Waals surface area contributed by atoms with Gasteiger partial charge in [-0.3, -0.25) is 4.79 Å². The minimum absolute atomic E-state index is 0.225. The number of nitrogens with zero attached hydrogens (tertiary/aromatic N) is 1. The molecule has 0 aliphatic carbocycles. The first kappa shape index (κ1) is 14.1. The molecule has 0 unspecified atom stereocenters. The Morgan fingerprint density at radius 2 is 1.81 bits per heavy atom. The molecule has 3 rings (SSSR count). The van der Waals surface area contributed by atoms with Gasteiger partial charge in [0.2, 0.25) is 0 Å². The summed E-state index contributed by atoms with van der Waals surface area (Å²) in [6, 6.07) is 11.9. The van der Waals surface area contributed by atoms with Crippen molar-refractivity contribution in [3.63, 3.8) is 0 Å². The van der Waals surface area contributed by atoms with Crippen molar-refractivity contribution in [1.82, 2.24) is 4.90 Å². The molecule has 0 radical (unpaired) electrons. The Hall–Kier alpha value is -1.88. The van der Waals surface area contributed by atoms with Crippen LogP contribution in [0, 0.1) is 11.6 Å². The molecule has 108 valence electrons. The van der Waals surface area contributed by atoms with E-state index in [0.29, 0.717) is 12.1 Å². The Labute approximate surface area is 125 Å². The molecule has 1 aliphatic heterocycles. The Morgan fingerprint density at radius 1 is 1.10 bits per heavy atom. The van der Waals surface area contributed by atoms with Gasteiger partial charge in [0, 0.05) is 17.9 Å². The highest BCUT2D eigenvalue weighted by molar-refractivity contribution is 7.99. The number of thioether (sulfide) groups is 1. The average molecular weight is 305 g/mol. The topological polar surface area (TPSA) is 20.3 Å². The first-order valence-corrected chi connectivity index (χ1v) is 7.63. The van der Waals surface area contributed by atoms with Gasteiger partial charge in [0.25, 0.3) is 5.91 Å². The Balaban J connectivity index is 1.89. The number of halogens is 2. The van der Waals surface area contributed by atoms with Crippen molar-refractivity contribution < 1.29 is 13.6 Å². The molecule has 1 saturated heterocycles. The van der Waals surface area contributed by atoms with Crippen molar-refractivity contribution in [3.05, 3.63) is 71.3 Å². The van der Waals surface area contributed by atoms with E-state index in [1.165, 1.54) is 30.3 Å². The molecule has 5 heteroatoms. The van der Waals surface area contributed by atoms with E-state index in [1.54, 1.807) is 34.9 Å². The SMILES string of the molecule is O=C(c1cccc(F)c1)N1CCS[C@@H]1c1cccc(F)c1. The Morgan fingerprint density at radius 3 is 2.52 bits per heavy atom. The largest absolute Gasteiger partial charge is 0.322 e. The predicted octanol–water partition coefficient (Wildman–Crippen LogP) is 3.85. The van der Waals surface area contributed by atoms with Gasteiger partial charge < -0.3 is 4.90 Å². The number of carbonyl (C=O) groups is 1. The summed E-state index contributed by atoms with van der Waals surface area (Å²) in [4.78, 5) is 14.2. The van der Waals surface area contributed by atoms with E-state index in [-0.39, 0.29) is 17.1 Å². The van der Waals surface area contributed by atoms with Crippen LogP contribution in [-0.2, 0) is 0 Å². The summed E-state index contributed by atoms with van der Waals surface area (Å²) in [7, 11) is 0. The number of hydrogen-bond acceptors (Lipinski definition) is 2. The summed E-state index contributed by atoms with van der Waals surface area (Å²) >= 11 is 1.58. The van der Waals surface area contributed by atoms with Crippen LogP contribution in [0.15, 0.2) is 48.5 Å². The van der Waals surface area contributed by atoms with E-state index < -0.39 is 5.82 Å². The van der Waals surface area contributed by atoms with Crippen LogP contribution in [0.1, 0.15) is 21.3 Å². The molecule has 0 N–H and O–H groups in total. The minimum atomic E-state index is -0.435. The van der Waals surface area contributed by atoms with E-state index >= 15 is 0 Å². The lowest BCUT2D eigenvalue weighted by Crippen LogP contribution is -2.30. The molecule has 1 aliphatic rings. The van der Waals surface area contributed by atoms with Gasteiger partial charge in [0.1, 0.15) is 17.0 Å². The number of amides is 1. The van der Waals surface area contributed by atoms with Gasteiger partial charge in [-0.2, -0.15) is 0 Å². The van der Waals surface area contributed by atoms with Crippen LogP contribution in [0.5, 0.6) is 0 Å². The maximum atomic E-state index is 13.4. The third-order valence-electron chi connectivity index (χ3n) is 3.36. The number of benzene rings is 2. The molecular formula is C16H13F2NOS. The normalized spacial score (nSPS) is 18.0. The van der Waals surface area contributed by atoms with Gasteiger partial charge in [0.05, 0.1) is 0 Å². The molecule has 0 aromatic heterocycles. The predicted molar refractivity (Wildman–Crippen MR) is 79.0 cm³/mol. The number of rotatable bonds is 2. The number of hydrogen-bond donors (Lipinski definition) is 0. The molecule has 1 amide bonds. The standard InChI is InChI=1S/C16H13F2NOS/c17-13-5-1-3-11(9-13)15(20)19-7-8-21-16(19)12-4-2-6-14(18)10-12/h1-6,9-10,16H,7-8H2/t16-/m1/s1. The van der Waals surface area contributed by atoms with Crippen LogP contribution in [0.3, 0.4) is 0 Å². The van der Waals surface area contributed by atoms with E-state index in [0.717, 1.165) is 11.3 Å². The molecule has 1 atom stereocenters. The fraction of sp³-hybridized carbons (Fsp3) is 0.188. The molecule has 0 spiro atoms. The van der Waals surface area contributed by atoms with Crippen LogP contribution in [0.2, 0.25) is 0 Å². The van der Waals surface area contributed by atoms with Crippen molar-refractivity contribution in [2.45, 2.75) is 5.37 Å². The molecule has 2 aromatic carbocycles. The summed E-state index contributed by atoms with van der Waals surface area (Å²) in [5.41, 5.74) is 1.07. The maximum absolute atomic E-state index is 13.4. The highest BCUT2D eigenvalue weighted by Gasteiger charge is 2.31. The quantitative estimate of drug-likeness (QED) is 0.840. The lowest BCUT2D eigenvalue weighted by atomic mass is 10.1. The zero-order chi connectivity index (χ0) is 14.8. The lowest BCUT2D eigenvalue weighted by molar-refractivity contribution is 0.0759. The second-order valence-corrected chi connectivity index (χ2v) is 5.98. The molecule has 2 nitrogen and oxygen atoms in total. The van der Waals surface area contributed by atoms with Gasteiger partial charge in [0.15, 0.2) is 0 Å². The average Bonchev–Trinajstić information content (AvgIpc) is 2.96. The van der Waals surface area contributed by atoms with Crippen LogP contribution >= 0.6 is 11.8 Å². The number of carbonyl (C=O) groups excluding carboxylic acids is 1. The third kappa shape index (κ3) is 2.93. The zero-order valence-corrected chi connectivity index (χ0v) is 11.9. The van der Waals surface area contributed by atoms with Crippen molar-refractivity contribution in [1.29, 1.82) is 0 Å². The van der Waals surface area contributed by atoms with Crippen molar-refractivity contribution in [3.8, 4) is 0 Å². The monoisotopic (exact) mass is 305 g/mol.